The Bertz CT molecular complexity index is 1010. The first-order valence-electron chi connectivity index (χ1n) is 9.05. The molecule has 0 unspecified atom stereocenters. The number of para-hydroxylation sites is 1. The molecule has 7 nitrogen and oxygen atoms in total. The van der Waals surface area contributed by atoms with Crippen molar-refractivity contribution in [3.8, 4) is 5.75 Å². The molecule has 10 heteroatoms. The van der Waals surface area contributed by atoms with Crippen LogP contribution in [0.3, 0.4) is 0 Å². The normalized spacial score (nSPS) is 10.5. The van der Waals surface area contributed by atoms with E-state index >= 15 is 0 Å². The Kier molecular flexibility index (Phi) is 7.75. The van der Waals surface area contributed by atoms with Crippen LogP contribution in [0.25, 0.3) is 0 Å². The Balaban J connectivity index is 1.47. The molecule has 0 saturated heterocycles. The zero-order chi connectivity index (χ0) is 21.3. The highest BCUT2D eigenvalue weighted by molar-refractivity contribution is 8.01. The molecular weight excluding hydrogens is 427 g/mol. The van der Waals surface area contributed by atoms with Crippen LogP contribution in [0.15, 0.2) is 52.9 Å². The second-order valence-corrected chi connectivity index (χ2v) is 8.14. The first-order chi connectivity index (χ1) is 14.5. The van der Waals surface area contributed by atoms with Crippen molar-refractivity contribution in [2.75, 3.05) is 17.7 Å². The van der Waals surface area contributed by atoms with Gasteiger partial charge in [0.2, 0.25) is 10.9 Å². The minimum absolute atomic E-state index is 0.144. The van der Waals surface area contributed by atoms with Crippen LogP contribution in [0.5, 0.6) is 5.75 Å². The summed E-state index contributed by atoms with van der Waals surface area (Å²) in [5.74, 6) is -0.108. The number of aromatic nitrogens is 2. The van der Waals surface area contributed by atoms with E-state index < -0.39 is 5.91 Å². The van der Waals surface area contributed by atoms with Gasteiger partial charge < -0.3 is 15.4 Å². The minimum Gasteiger partial charge on any atom is -0.494 e. The Morgan fingerprint density at radius 3 is 2.67 bits per heavy atom. The number of benzene rings is 2. The number of halogens is 1. The Hall–Kier alpha value is -2.98. The first kappa shape index (κ1) is 21.7. The lowest BCUT2D eigenvalue weighted by molar-refractivity contribution is -0.118. The van der Waals surface area contributed by atoms with Crippen LogP contribution in [0, 0.1) is 5.82 Å². The molecule has 0 aliphatic heterocycles. The molecule has 2 N–H and O–H groups in total. The summed E-state index contributed by atoms with van der Waals surface area (Å²) in [7, 11) is 0. The number of nitrogens with zero attached hydrogens (tertiary/aromatic N) is 2. The van der Waals surface area contributed by atoms with Crippen molar-refractivity contribution >= 4 is 40.6 Å². The van der Waals surface area contributed by atoms with Crippen molar-refractivity contribution in [1.29, 1.82) is 0 Å². The SMILES string of the molecule is CCOc1ccccc1CNC(=O)CSc1nnc(C(=O)Nc2ccc(F)cc2)s1. The van der Waals surface area contributed by atoms with Gasteiger partial charge in [-0.05, 0) is 37.3 Å². The number of ether oxygens (including phenoxy) is 1. The van der Waals surface area contributed by atoms with Crippen molar-refractivity contribution in [3.05, 3.63) is 64.9 Å². The molecule has 0 bridgehead atoms. The summed E-state index contributed by atoms with van der Waals surface area (Å²) in [6.07, 6.45) is 0. The van der Waals surface area contributed by atoms with E-state index in [1.165, 1.54) is 36.0 Å². The average molecular weight is 447 g/mol. The lowest BCUT2D eigenvalue weighted by Gasteiger charge is -2.10. The van der Waals surface area contributed by atoms with Gasteiger partial charge in [0.25, 0.3) is 5.91 Å². The number of hydrogen-bond donors (Lipinski definition) is 2. The lowest BCUT2D eigenvalue weighted by Crippen LogP contribution is -2.24. The van der Waals surface area contributed by atoms with Crippen molar-refractivity contribution in [2.24, 2.45) is 0 Å². The van der Waals surface area contributed by atoms with E-state index in [0.717, 1.165) is 22.6 Å². The van der Waals surface area contributed by atoms with Gasteiger partial charge in [-0.2, -0.15) is 0 Å². The molecule has 0 fully saturated rings. The van der Waals surface area contributed by atoms with E-state index in [9.17, 15) is 14.0 Å². The summed E-state index contributed by atoms with van der Waals surface area (Å²) in [4.78, 5) is 24.3. The van der Waals surface area contributed by atoms with Crippen LogP contribution in [0.2, 0.25) is 0 Å². The smallest absolute Gasteiger partial charge is 0.286 e. The number of nitrogens with one attached hydrogen (secondary N) is 2. The number of carbonyl (C=O) groups is 2. The van der Waals surface area contributed by atoms with E-state index in [-0.39, 0.29) is 22.5 Å². The number of rotatable bonds is 9. The van der Waals surface area contributed by atoms with Gasteiger partial charge in [0, 0.05) is 17.8 Å². The topological polar surface area (TPSA) is 93.2 Å². The standard InChI is InChI=1S/C20H19FN4O3S2/c1-2-28-16-6-4-3-5-13(16)11-22-17(26)12-29-20-25-24-19(30-20)18(27)23-15-9-7-14(21)8-10-15/h3-10H,2,11-12H2,1H3,(H,22,26)(H,23,27). The number of carbonyl (C=O) groups excluding carboxylic acids is 2. The van der Waals surface area contributed by atoms with Crippen LogP contribution >= 0.6 is 23.1 Å². The third-order valence-electron chi connectivity index (χ3n) is 3.78. The van der Waals surface area contributed by atoms with Gasteiger partial charge in [-0.3, -0.25) is 9.59 Å². The molecule has 0 radical (unpaired) electrons. The van der Waals surface area contributed by atoms with Gasteiger partial charge in [-0.25, -0.2) is 4.39 Å². The fourth-order valence-electron chi connectivity index (χ4n) is 2.40. The van der Waals surface area contributed by atoms with E-state index in [1.807, 2.05) is 31.2 Å². The van der Waals surface area contributed by atoms with Gasteiger partial charge in [0.05, 0.1) is 12.4 Å². The first-order valence-corrected chi connectivity index (χ1v) is 10.9. The molecule has 3 aromatic rings. The lowest BCUT2D eigenvalue weighted by atomic mass is 10.2. The highest BCUT2D eigenvalue weighted by Gasteiger charge is 2.15. The Labute approximate surface area is 181 Å². The number of hydrogen-bond acceptors (Lipinski definition) is 7. The maximum Gasteiger partial charge on any atom is 0.286 e. The van der Waals surface area contributed by atoms with Crippen molar-refractivity contribution in [2.45, 2.75) is 17.8 Å². The predicted octanol–water partition coefficient (Wildman–Crippen LogP) is 3.74. The maximum absolute atomic E-state index is 12.9. The fraction of sp³-hybridized carbons (Fsp3) is 0.200. The van der Waals surface area contributed by atoms with Gasteiger partial charge in [0.15, 0.2) is 4.34 Å². The Morgan fingerprint density at radius 1 is 1.13 bits per heavy atom. The zero-order valence-corrected chi connectivity index (χ0v) is 17.7. The average Bonchev–Trinajstić information content (AvgIpc) is 3.23. The molecule has 0 aliphatic carbocycles. The van der Waals surface area contributed by atoms with Crippen LogP contribution in [-0.2, 0) is 11.3 Å². The number of amides is 2. The molecule has 30 heavy (non-hydrogen) atoms. The quantitative estimate of drug-likeness (QED) is 0.487. The molecule has 0 saturated carbocycles. The van der Waals surface area contributed by atoms with Crippen molar-refractivity contribution < 1.29 is 18.7 Å². The number of thioether (sulfide) groups is 1. The summed E-state index contributed by atoms with van der Waals surface area (Å²) in [5.41, 5.74) is 1.35. The van der Waals surface area contributed by atoms with Gasteiger partial charge >= 0.3 is 0 Å². The zero-order valence-electron chi connectivity index (χ0n) is 16.1. The van der Waals surface area contributed by atoms with E-state index in [1.54, 1.807) is 0 Å². The van der Waals surface area contributed by atoms with Gasteiger partial charge in [0.1, 0.15) is 11.6 Å². The van der Waals surface area contributed by atoms with Crippen LogP contribution in [0.4, 0.5) is 10.1 Å². The van der Waals surface area contributed by atoms with Gasteiger partial charge in [-0.15, -0.1) is 10.2 Å². The molecular formula is C20H19FN4O3S2. The van der Waals surface area contributed by atoms with E-state index in [4.69, 9.17) is 4.74 Å². The van der Waals surface area contributed by atoms with Crippen LogP contribution in [-0.4, -0.2) is 34.4 Å². The van der Waals surface area contributed by atoms with Crippen molar-refractivity contribution in [1.82, 2.24) is 15.5 Å². The third kappa shape index (κ3) is 6.26. The van der Waals surface area contributed by atoms with Crippen molar-refractivity contribution in [3.63, 3.8) is 0 Å². The molecule has 0 atom stereocenters. The minimum atomic E-state index is -0.442. The van der Waals surface area contributed by atoms with E-state index in [2.05, 4.69) is 20.8 Å². The van der Waals surface area contributed by atoms with Gasteiger partial charge in [-0.1, -0.05) is 41.3 Å². The highest BCUT2D eigenvalue weighted by atomic mass is 32.2. The van der Waals surface area contributed by atoms with Crippen LogP contribution < -0.4 is 15.4 Å². The molecule has 2 amide bonds. The van der Waals surface area contributed by atoms with Crippen LogP contribution in [0.1, 0.15) is 22.3 Å². The molecule has 1 heterocycles. The molecule has 0 spiro atoms. The maximum atomic E-state index is 12.9. The molecule has 3 rings (SSSR count). The summed E-state index contributed by atoms with van der Waals surface area (Å²) >= 11 is 2.28. The molecule has 0 aliphatic rings. The fourth-order valence-corrected chi connectivity index (χ4v) is 3.97. The summed E-state index contributed by atoms with van der Waals surface area (Å²) < 4.78 is 19.0. The Morgan fingerprint density at radius 2 is 1.90 bits per heavy atom. The number of anilines is 1. The molecule has 2 aromatic carbocycles. The summed E-state index contributed by atoms with van der Waals surface area (Å²) in [5, 5.41) is 13.4. The summed E-state index contributed by atoms with van der Waals surface area (Å²) in [6.45, 7) is 2.81. The second kappa shape index (κ2) is 10.7. The van der Waals surface area contributed by atoms with E-state index in [0.29, 0.717) is 23.2 Å². The predicted molar refractivity (Wildman–Crippen MR) is 114 cm³/mol. The second-order valence-electron chi connectivity index (χ2n) is 5.94. The third-order valence-corrected chi connectivity index (χ3v) is 5.83. The highest BCUT2D eigenvalue weighted by Crippen LogP contribution is 2.23. The summed E-state index contributed by atoms with van der Waals surface area (Å²) in [6, 6.07) is 12.9. The molecule has 1 aromatic heterocycles. The monoisotopic (exact) mass is 446 g/mol. The molecule has 156 valence electrons. The largest absolute Gasteiger partial charge is 0.494 e.